The topological polar surface area (TPSA) is 72.4 Å². The number of rotatable bonds is 1. The number of likely N-dealkylation sites (tertiary alicyclic amines) is 1. The number of aromatic nitrogens is 2. The zero-order valence-corrected chi connectivity index (χ0v) is 18.2. The summed E-state index contributed by atoms with van der Waals surface area (Å²) >= 11 is 6.02. The maximum absolute atomic E-state index is 13.1. The molecule has 31 heavy (non-hydrogen) atoms. The molecule has 1 spiro atoms. The second-order valence-electron chi connectivity index (χ2n) is 8.42. The molecule has 1 aromatic heterocycles. The number of aryl methyl sites for hydroxylation is 2. The van der Waals surface area contributed by atoms with Gasteiger partial charge in [0.2, 0.25) is 0 Å². The van der Waals surface area contributed by atoms with E-state index in [0.29, 0.717) is 54.3 Å². The number of piperidine rings is 1. The third kappa shape index (κ3) is 3.55. The lowest BCUT2D eigenvalue weighted by Gasteiger charge is -2.44. The molecule has 6 nitrogen and oxygen atoms in total. The molecule has 0 unspecified atom stereocenters. The fraction of sp³-hybridized carbons (Fsp3) is 0.333. The molecule has 0 bridgehead atoms. The molecular weight excluding hydrogens is 414 g/mol. The first-order valence-electron chi connectivity index (χ1n) is 10.4. The molecule has 1 amide bonds. The molecule has 2 aromatic carbocycles. The van der Waals surface area contributed by atoms with Gasteiger partial charge in [-0.25, -0.2) is 9.97 Å². The molecule has 0 saturated carbocycles. The smallest absolute Gasteiger partial charge is 0.253 e. The van der Waals surface area contributed by atoms with Crippen LogP contribution in [-0.4, -0.2) is 45.2 Å². The minimum atomic E-state index is -0.557. The SMILES string of the molecule is Cc1nc2ccc(C(=O)N3CCC4(CC3)CC(=O)c3cc(Cl)ccc3O4)cc2nc1C. The predicted octanol–water partition coefficient (Wildman–Crippen LogP) is 4.54. The molecule has 2 aliphatic heterocycles. The third-order valence-electron chi connectivity index (χ3n) is 6.34. The Balaban J connectivity index is 1.33. The highest BCUT2D eigenvalue weighted by atomic mass is 35.5. The van der Waals surface area contributed by atoms with E-state index in [1.807, 2.05) is 30.9 Å². The molecule has 2 aliphatic rings. The number of ketones is 1. The monoisotopic (exact) mass is 435 g/mol. The molecule has 0 N–H and O–H groups in total. The van der Waals surface area contributed by atoms with Crippen LogP contribution in [0.5, 0.6) is 5.75 Å². The summed E-state index contributed by atoms with van der Waals surface area (Å²) in [5, 5.41) is 0.525. The van der Waals surface area contributed by atoms with Crippen molar-refractivity contribution in [3.8, 4) is 5.75 Å². The van der Waals surface area contributed by atoms with Gasteiger partial charge in [-0.3, -0.25) is 9.59 Å². The number of fused-ring (bicyclic) bond motifs is 2. The van der Waals surface area contributed by atoms with Crippen LogP contribution in [0.4, 0.5) is 0 Å². The van der Waals surface area contributed by atoms with E-state index in [0.717, 1.165) is 22.4 Å². The number of halogens is 1. The maximum atomic E-state index is 13.1. The number of carbonyl (C=O) groups excluding carboxylic acids is 2. The Morgan fingerprint density at radius 2 is 1.74 bits per heavy atom. The summed E-state index contributed by atoms with van der Waals surface area (Å²) in [7, 11) is 0. The average molecular weight is 436 g/mol. The van der Waals surface area contributed by atoms with Gasteiger partial charge in [0.15, 0.2) is 5.78 Å². The molecule has 0 atom stereocenters. The minimum absolute atomic E-state index is 0.0360. The van der Waals surface area contributed by atoms with Crippen molar-refractivity contribution in [2.24, 2.45) is 0 Å². The van der Waals surface area contributed by atoms with Crippen LogP contribution in [0.15, 0.2) is 36.4 Å². The largest absolute Gasteiger partial charge is 0.486 e. The molecule has 1 saturated heterocycles. The molecule has 0 radical (unpaired) electrons. The molecule has 3 aromatic rings. The second kappa shape index (κ2) is 7.31. The van der Waals surface area contributed by atoms with Gasteiger partial charge in [-0.1, -0.05) is 11.6 Å². The fourth-order valence-electron chi connectivity index (χ4n) is 4.41. The van der Waals surface area contributed by atoms with Gasteiger partial charge in [-0.15, -0.1) is 0 Å². The predicted molar refractivity (Wildman–Crippen MR) is 118 cm³/mol. The molecule has 1 fully saturated rings. The average Bonchev–Trinajstić information content (AvgIpc) is 2.75. The van der Waals surface area contributed by atoms with Crippen molar-refractivity contribution in [1.29, 1.82) is 0 Å². The summed E-state index contributed by atoms with van der Waals surface area (Å²) in [6, 6.07) is 10.6. The molecule has 3 heterocycles. The maximum Gasteiger partial charge on any atom is 0.253 e. The first-order chi connectivity index (χ1) is 14.8. The summed E-state index contributed by atoms with van der Waals surface area (Å²) in [6.07, 6.45) is 1.53. The second-order valence-corrected chi connectivity index (χ2v) is 8.85. The van der Waals surface area contributed by atoms with Gasteiger partial charge >= 0.3 is 0 Å². The zero-order chi connectivity index (χ0) is 21.8. The van der Waals surface area contributed by atoms with Crippen LogP contribution >= 0.6 is 11.6 Å². The van der Waals surface area contributed by atoms with E-state index >= 15 is 0 Å². The van der Waals surface area contributed by atoms with Gasteiger partial charge in [0.05, 0.1) is 34.4 Å². The fourth-order valence-corrected chi connectivity index (χ4v) is 4.58. The van der Waals surface area contributed by atoms with Crippen molar-refractivity contribution in [2.45, 2.75) is 38.7 Å². The quantitative estimate of drug-likeness (QED) is 0.561. The summed E-state index contributed by atoms with van der Waals surface area (Å²) in [5.41, 5.74) is 3.83. The van der Waals surface area contributed by atoms with Crippen LogP contribution in [0, 0.1) is 13.8 Å². The van der Waals surface area contributed by atoms with Crippen molar-refractivity contribution in [2.75, 3.05) is 13.1 Å². The summed E-state index contributed by atoms with van der Waals surface area (Å²) < 4.78 is 6.27. The number of nitrogens with zero attached hydrogens (tertiary/aromatic N) is 3. The Hall–Kier alpha value is -2.99. The number of hydrogen-bond donors (Lipinski definition) is 0. The Bertz CT molecular complexity index is 1230. The number of ether oxygens (including phenoxy) is 1. The van der Waals surface area contributed by atoms with Gasteiger partial charge in [0.1, 0.15) is 11.4 Å². The normalized spacial score (nSPS) is 17.5. The lowest BCUT2D eigenvalue weighted by molar-refractivity contribution is -0.00570. The molecule has 5 rings (SSSR count). The van der Waals surface area contributed by atoms with Crippen LogP contribution in [0.3, 0.4) is 0 Å². The van der Waals surface area contributed by atoms with Gasteiger partial charge in [0.25, 0.3) is 5.91 Å². The van der Waals surface area contributed by atoms with Crippen LogP contribution in [0.25, 0.3) is 11.0 Å². The van der Waals surface area contributed by atoms with Crippen molar-refractivity contribution in [3.05, 3.63) is 63.9 Å². The van der Waals surface area contributed by atoms with Crippen LogP contribution in [0.2, 0.25) is 5.02 Å². The minimum Gasteiger partial charge on any atom is -0.486 e. The molecular formula is C24H22ClN3O3. The third-order valence-corrected chi connectivity index (χ3v) is 6.57. The van der Waals surface area contributed by atoms with Crippen molar-refractivity contribution < 1.29 is 14.3 Å². The van der Waals surface area contributed by atoms with E-state index in [1.54, 1.807) is 24.3 Å². The standard InChI is InChI=1S/C24H22ClN3O3/c1-14-15(2)27-20-11-16(3-5-19(20)26-14)23(30)28-9-7-24(8-10-28)13-21(29)18-12-17(25)4-6-22(18)31-24/h3-6,11-12H,7-10,13H2,1-2H3. The van der Waals surface area contributed by atoms with E-state index in [2.05, 4.69) is 9.97 Å². The summed E-state index contributed by atoms with van der Waals surface area (Å²) in [6.45, 7) is 4.91. The van der Waals surface area contributed by atoms with E-state index < -0.39 is 5.60 Å². The van der Waals surface area contributed by atoms with Crippen LogP contribution in [0.1, 0.15) is 51.4 Å². The number of carbonyl (C=O) groups is 2. The highest BCUT2D eigenvalue weighted by molar-refractivity contribution is 6.31. The summed E-state index contributed by atoms with van der Waals surface area (Å²) in [4.78, 5) is 36.7. The van der Waals surface area contributed by atoms with E-state index in [-0.39, 0.29) is 11.7 Å². The van der Waals surface area contributed by atoms with E-state index in [1.165, 1.54) is 0 Å². The molecule has 158 valence electrons. The highest BCUT2D eigenvalue weighted by Gasteiger charge is 2.43. The Kier molecular flexibility index (Phi) is 4.70. The van der Waals surface area contributed by atoms with Crippen LogP contribution < -0.4 is 4.74 Å². The Morgan fingerprint density at radius 1 is 1.03 bits per heavy atom. The van der Waals surface area contributed by atoms with E-state index in [4.69, 9.17) is 16.3 Å². The Morgan fingerprint density at radius 3 is 2.48 bits per heavy atom. The molecule has 0 aliphatic carbocycles. The van der Waals surface area contributed by atoms with Gasteiger partial charge in [-0.2, -0.15) is 0 Å². The van der Waals surface area contributed by atoms with Crippen molar-refractivity contribution >= 4 is 34.3 Å². The van der Waals surface area contributed by atoms with Crippen molar-refractivity contribution in [3.63, 3.8) is 0 Å². The zero-order valence-electron chi connectivity index (χ0n) is 17.4. The number of amides is 1. The number of benzene rings is 2. The van der Waals surface area contributed by atoms with Gasteiger partial charge in [-0.05, 0) is 50.2 Å². The number of Topliss-reactive ketones (excluding diaryl/α,β-unsaturated/α-hetero) is 1. The highest BCUT2D eigenvalue weighted by Crippen LogP contribution is 2.40. The molecule has 7 heteroatoms. The Labute approximate surface area is 185 Å². The van der Waals surface area contributed by atoms with Gasteiger partial charge < -0.3 is 9.64 Å². The lowest BCUT2D eigenvalue weighted by Crippen LogP contribution is -2.52. The van der Waals surface area contributed by atoms with E-state index in [9.17, 15) is 9.59 Å². The first kappa shape index (κ1) is 19.9. The first-order valence-corrected chi connectivity index (χ1v) is 10.8. The van der Waals surface area contributed by atoms with Gasteiger partial charge in [0, 0.05) is 36.5 Å². The van der Waals surface area contributed by atoms with Crippen LogP contribution in [-0.2, 0) is 0 Å². The summed E-state index contributed by atoms with van der Waals surface area (Å²) in [5.74, 6) is 0.590. The van der Waals surface area contributed by atoms with Crippen molar-refractivity contribution in [1.82, 2.24) is 14.9 Å². The lowest BCUT2D eigenvalue weighted by atomic mass is 9.82. The number of hydrogen-bond acceptors (Lipinski definition) is 5.